The van der Waals surface area contributed by atoms with Crippen LogP contribution in [0.5, 0.6) is 0 Å². The second-order valence-corrected chi connectivity index (χ2v) is 11.4. The van der Waals surface area contributed by atoms with Gasteiger partial charge in [0.15, 0.2) is 11.6 Å². The molecule has 3 amide bonds. The van der Waals surface area contributed by atoms with Crippen molar-refractivity contribution >= 4 is 35.0 Å². The largest absolute Gasteiger partial charge is 0.399 e. The number of nitrogens with two attached hydrogens (primary N) is 2. The molecule has 0 saturated carbocycles. The summed E-state index contributed by atoms with van der Waals surface area (Å²) in [6.07, 6.45) is -0.217. The van der Waals surface area contributed by atoms with E-state index in [0.29, 0.717) is 18.7 Å². The van der Waals surface area contributed by atoms with Crippen LogP contribution in [0.15, 0.2) is 54.6 Å². The highest BCUT2D eigenvalue weighted by Gasteiger charge is 2.65. The number of ketones is 2. The van der Waals surface area contributed by atoms with Gasteiger partial charge in [0.25, 0.3) is 5.91 Å². The van der Waals surface area contributed by atoms with Gasteiger partial charge in [0.2, 0.25) is 17.4 Å². The van der Waals surface area contributed by atoms with Crippen molar-refractivity contribution < 1.29 is 33.4 Å². The predicted molar refractivity (Wildman–Crippen MR) is 149 cm³/mol. The number of nitrogen functional groups attached to an aromatic ring is 1. The van der Waals surface area contributed by atoms with Gasteiger partial charge in [-0.05, 0) is 48.9 Å². The summed E-state index contributed by atoms with van der Waals surface area (Å²) in [7, 11) is 0. The first-order chi connectivity index (χ1) is 20.2. The Morgan fingerprint density at radius 2 is 1.67 bits per heavy atom. The third kappa shape index (κ3) is 4.57. The zero-order chi connectivity index (χ0) is 29.6. The molecule has 219 valence electrons. The van der Waals surface area contributed by atoms with Gasteiger partial charge in [-0.15, -0.1) is 0 Å². The molecule has 4 heterocycles. The number of fused-ring (bicyclic) bond motifs is 2. The quantitative estimate of drug-likeness (QED) is 0.335. The van der Waals surface area contributed by atoms with E-state index >= 15 is 0 Å². The average molecular weight is 574 g/mol. The molecule has 11 heteroatoms. The summed E-state index contributed by atoms with van der Waals surface area (Å²) in [5.74, 6) is -3.47. The van der Waals surface area contributed by atoms with E-state index in [4.69, 9.17) is 20.9 Å². The Morgan fingerprint density at radius 1 is 0.929 bits per heavy atom. The van der Waals surface area contributed by atoms with Crippen LogP contribution in [0.1, 0.15) is 24.0 Å². The van der Waals surface area contributed by atoms with Crippen LogP contribution in [0.3, 0.4) is 0 Å². The molecule has 2 aromatic carbocycles. The summed E-state index contributed by atoms with van der Waals surface area (Å²) < 4.78 is 11.2. The van der Waals surface area contributed by atoms with Gasteiger partial charge in [-0.1, -0.05) is 42.5 Å². The summed E-state index contributed by atoms with van der Waals surface area (Å²) >= 11 is 0. The number of rotatable bonds is 8. The van der Waals surface area contributed by atoms with Crippen LogP contribution in [-0.4, -0.2) is 89.2 Å². The fourth-order valence-corrected chi connectivity index (χ4v) is 6.95. The number of Topliss-reactive ketones (excluding diaryl/α,β-unsaturated/α-hetero) is 2. The van der Waals surface area contributed by atoms with E-state index in [1.165, 1.54) is 9.80 Å². The summed E-state index contributed by atoms with van der Waals surface area (Å²) in [6.45, 7) is 0.00606. The van der Waals surface area contributed by atoms with Gasteiger partial charge in [0.05, 0.1) is 24.0 Å². The highest BCUT2D eigenvalue weighted by atomic mass is 16.5. The van der Waals surface area contributed by atoms with E-state index in [-0.39, 0.29) is 56.8 Å². The van der Waals surface area contributed by atoms with Crippen molar-refractivity contribution in [3.63, 3.8) is 0 Å². The Balaban J connectivity index is 1.43. The van der Waals surface area contributed by atoms with Gasteiger partial charge in [0, 0.05) is 18.8 Å². The number of primary amides is 1. The topological polar surface area (TPSA) is 162 Å². The van der Waals surface area contributed by atoms with Crippen LogP contribution in [0.2, 0.25) is 0 Å². The number of hydrogen-bond acceptors (Lipinski definition) is 8. The van der Waals surface area contributed by atoms with Crippen molar-refractivity contribution in [3.05, 3.63) is 71.6 Å². The predicted octanol–water partition coefficient (Wildman–Crippen LogP) is 0.238. The molecular formula is C31H33N4O7. The van der Waals surface area contributed by atoms with Gasteiger partial charge in [0.1, 0.15) is 19.3 Å². The molecule has 2 aromatic rings. The van der Waals surface area contributed by atoms with E-state index < -0.39 is 47.1 Å². The number of anilines is 1. The first-order valence-electron chi connectivity index (χ1n) is 14.2. The number of hydrogen-bond donors (Lipinski definition) is 2. The van der Waals surface area contributed by atoms with Crippen LogP contribution in [0, 0.1) is 11.8 Å². The minimum Gasteiger partial charge on any atom is -0.399 e. The van der Waals surface area contributed by atoms with Crippen molar-refractivity contribution in [2.24, 2.45) is 11.7 Å². The highest BCUT2D eigenvalue weighted by molar-refractivity contribution is 6.16. The van der Waals surface area contributed by atoms with Crippen LogP contribution < -0.4 is 11.5 Å². The SMILES string of the molecule is NC(=O)C12C(=O)COC1CCN2C(=O)C(Cc1ccc(N)cc1)[C](Cc1ccccc1)C(=O)N1CCC2OCC(=O)C21. The molecule has 6 rings (SSSR count). The molecule has 0 bridgehead atoms. The molecule has 4 aliphatic heterocycles. The third-order valence-corrected chi connectivity index (χ3v) is 9.01. The first-order valence-corrected chi connectivity index (χ1v) is 14.2. The summed E-state index contributed by atoms with van der Waals surface area (Å²) in [6, 6.07) is 15.5. The molecule has 4 saturated heterocycles. The molecule has 0 aliphatic carbocycles. The highest BCUT2D eigenvalue weighted by Crippen LogP contribution is 2.41. The van der Waals surface area contributed by atoms with Crippen molar-refractivity contribution in [2.45, 2.75) is 49.5 Å². The van der Waals surface area contributed by atoms with Gasteiger partial charge < -0.3 is 30.7 Å². The van der Waals surface area contributed by atoms with Gasteiger partial charge in [-0.3, -0.25) is 24.0 Å². The van der Waals surface area contributed by atoms with Crippen molar-refractivity contribution in [1.29, 1.82) is 0 Å². The average Bonchev–Trinajstić information content (AvgIpc) is 3.75. The molecule has 11 nitrogen and oxygen atoms in total. The fraction of sp³-hybridized carbons (Fsp3) is 0.419. The van der Waals surface area contributed by atoms with E-state index in [1.54, 1.807) is 24.3 Å². The lowest BCUT2D eigenvalue weighted by atomic mass is 9.79. The Morgan fingerprint density at radius 3 is 2.38 bits per heavy atom. The number of amides is 3. The Kier molecular flexibility index (Phi) is 7.32. The normalized spacial score (nSPS) is 27.4. The summed E-state index contributed by atoms with van der Waals surface area (Å²) in [5, 5.41) is 0. The van der Waals surface area contributed by atoms with Crippen LogP contribution >= 0.6 is 0 Å². The first kappa shape index (κ1) is 28.0. The van der Waals surface area contributed by atoms with Crippen LogP contribution in [-0.2, 0) is 46.3 Å². The maximum absolute atomic E-state index is 14.7. The lowest BCUT2D eigenvalue weighted by Crippen LogP contribution is -2.65. The van der Waals surface area contributed by atoms with Gasteiger partial charge in [-0.2, -0.15) is 0 Å². The van der Waals surface area contributed by atoms with E-state index in [2.05, 4.69) is 0 Å². The molecule has 42 heavy (non-hydrogen) atoms. The summed E-state index contributed by atoms with van der Waals surface area (Å²) in [4.78, 5) is 70.7. The second-order valence-electron chi connectivity index (χ2n) is 11.4. The number of nitrogens with zero attached hydrogens (tertiary/aromatic N) is 2. The smallest absolute Gasteiger partial charge is 0.254 e. The minimum absolute atomic E-state index is 0.0562. The van der Waals surface area contributed by atoms with E-state index in [1.807, 2.05) is 30.3 Å². The lowest BCUT2D eigenvalue weighted by Gasteiger charge is -2.38. The maximum atomic E-state index is 14.7. The number of benzene rings is 2. The molecule has 0 spiro atoms. The molecule has 0 aromatic heterocycles. The Bertz CT molecular complexity index is 1410. The van der Waals surface area contributed by atoms with Crippen LogP contribution in [0.4, 0.5) is 5.69 Å². The van der Waals surface area contributed by atoms with Crippen molar-refractivity contribution in [2.75, 3.05) is 32.0 Å². The second kappa shape index (κ2) is 11.0. The molecule has 5 atom stereocenters. The number of carbonyl (C=O) groups is 5. The Hall–Kier alpha value is -4.09. The van der Waals surface area contributed by atoms with Crippen LogP contribution in [0.25, 0.3) is 0 Å². The van der Waals surface area contributed by atoms with E-state index in [0.717, 1.165) is 11.1 Å². The number of carbonyl (C=O) groups excluding carboxylic acids is 5. The standard InChI is InChI=1S/C31H33N4O7/c32-20-8-6-19(7-9-20)15-22(29(39)35-13-11-26-31(35,30(33)40)25(37)17-42-26)21(14-18-4-2-1-3-5-18)28(38)34-12-10-24-27(34)23(36)16-41-24/h1-9,22,24,26-27H,10-17,32H2,(H2,33,40). The zero-order valence-electron chi connectivity index (χ0n) is 23.1. The summed E-state index contributed by atoms with van der Waals surface area (Å²) in [5.41, 5.74) is 11.9. The third-order valence-electron chi connectivity index (χ3n) is 9.01. The monoisotopic (exact) mass is 573 g/mol. The molecule has 5 unspecified atom stereocenters. The van der Waals surface area contributed by atoms with Crippen molar-refractivity contribution in [1.82, 2.24) is 9.80 Å². The van der Waals surface area contributed by atoms with Gasteiger partial charge in [-0.25, -0.2) is 0 Å². The molecular weight excluding hydrogens is 540 g/mol. The van der Waals surface area contributed by atoms with Gasteiger partial charge >= 0.3 is 0 Å². The molecule has 4 fully saturated rings. The molecule has 1 radical (unpaired) electrons. The maximum Gasteiger partial charge on any atom is 0.254 e. The number of ether oxygens (including phenoxy) is 2. The van der Waals surface area contributed by atoms with Crippen molar-refractivity contribution in [3.8, 4) is 0 Å². The van der Waals surface area contributed by atoms with E-state index in [9.17, 15) is 24.0 Å². The molecule has 4 aliphatic rings. The number of likely N-dealkylation sites (tertiary alicyclic amines) is 2. The fourth-order valence-electron chi connectivity index (χ4n) is 6.95. The zero-order valence-corrected chi connectivity index (χ0v) is 23.1. The minimum atomic E-state index is -1.93. The Labute approximate surface area is 243 Å². The lowest BCUT2D eigenvalue weighted by molar-refractivity contribution is -0.153. The molecule has 4 N–H and O–H groups in total.